The van der Waals surface area contributed by atoms with Crippen molar-refractivity contribution in [1.29, 1.82) is 0 Å². The van der Waals surface area contributed by atoms with Crippen molar-refractivity contribution in [1.82, 2.24) is 0 Å². The summed E-state index contributed by atoms with van der Waals surface area (Å²) < 4.78 is 37.4. The monoisotopic (exact) mass is 302 g/mol. The van der Waals surface area contributed by atoms with Gasteiger partial charge < -0.3 is 9.11 Å². The highest BCUT2D eigenvalue weighted by atomic mass is 33.1. The van der Waals surface area contributed by atoms with E-state index in [2.05, 4.69) is 0 Å². The molecule has 0 heterocycles. The van der Waals surface area contributed by atoms with E-state index < -0.39 is 22.2 Å². The predicted molar refractivity (Wildman–Crippen MR) is 74.5 cm³/mol. The fourth-order valence-corrected chi connectivity index (χ4v) is 2.88. The second-order valence-corrected chi connectivity index (χ2v) is 6.99. The van der Waals surface area contributed by atoms with E-state index in [9.17, 15) is 8.42 Å². The van der Waals surface area contributed by atoms with Crippen LogP contribution in [0.2, 0.25) is 0 Å². The van der Waals surface area contributed by atoms with E-state index in [-0.39, 0.29) is 11.5 Å². The van der Waals surface area contributed by atoms with Crippen LogP contribution in [0.3, 0.4) is 0 Å². The summed E-state index contributed by atoms with van der Waals surface area (Å²) in [5.41, 5.74) is 0. The standard InChI is InChI=1S/C8H14O4S4/c9-15(10)7-3-1-5-13-14-6-2-4-8-16(11)12/h1-4H,5-8H2,(H,9,10)(H,11,12)/b3-1-,4-2-. The lowest BCUT2D eigenvalue weighted by Gasteiger charge is -1.92. The van der Waals surface area contributed by atoms with E-state index >= 15 is 0 Å². The smallest absolute Gasteiger partial charge is 0.156 e. The first-order valence-corrected chi connectivity index (χ1v) is 9.36. The Labute approximate surface area is 108 Å². The molecule has 16 heavy (non-hydrogen) atoms. The molecule has 2 N–H and O–H groups in total. The van der Waals surface area contributed by atoms with Crippen molar-refractivity contribution in [3.63, 3.8) is 0 Å². The van der Waals surface area contributed by atoms with E-state index in [4.69, 9.17) is 9.11 Å². The van der Waals surface area contributed by atoms with Gasteiger partial charge in [-0.2, -0.15) is 0 Å². The fourth-order valence-electron chi connectivity index (χ4n) is 0.612. The molecule has 4 nitrogen and oxygen atoms in total. The molecule has 94 valence electrons. The maximum atomic E-state index is 10.3. The topological polar surface area (TPSA) is 74.6 Å². The lowest BCUT2D eigenvalue weighted by atomic mass is 10.6. The molecule has 0 saturated carbocycles. The van der Waals surface area contributed by atoms with Crippen molar-refractivity contribution in [2.45, 2.75) is 0 Å². The molecule has 0 bridgehead atoms. The second-order valence-electron chi connectivity index (χ2n) is 2.49. The zero-order valence-electron chi connectivity index (χ0n) is 8.48. The van der Waals surface area contributed by atoms with Crippen molar-refractivity contribution in [2.24, 2.45) is 0 Å². The first-order valence-electron chi connectivity index (χ1n) is 4.32. The molecule has 0 aliphatic carbocycles. The van der Waals surface area contributed by atoms with Crippen molar-refractivity contribution in [3.05, 3.63) is 24.3 Å². The highest BCUT2D eigenvalue weighted by molar-refractivity contribution is 8.76. The van der Waals surface area contributed by atoms with Crippen molar-refractivity contribution in [3.8, 4) is 0 Å². The summed E-state index contributed by atoms with van der Waals surface area (Å²) in [7, 11) is 3.25. The zero-order valence-corrected chi connectivity index (χ0v) is 11.7. The molecular weight excluding hydrogens is 288 g/mol. The molecule has 0 fully saturated rings. The van der Waals surface area contributed by atoms with E-state index in [1.54, 1.807) is 33.7 Å². The third-order valence-corrected chi connectivity index (χ3v) is 4.32. The first-order chi connectivity index (χ1) is 7.63. The van der Waals surface area contributed by atoms with Gasteiger partial charge in [0.05, 0.1) is 11.5 Å². The Morgan fingerprint density at radius 1 is 0.812 bits per heavy atom. The quantitative estimate of drug-likeness (QED) is 0.293. The van der Waals surface area contributed by atoms with E-state index in [1.807, 2.05) is 12.2 Å². The van der Waals surface area contributed by atoms with Gasteiger partial charge in [-0.15, -0.1) is 0 Å². The van der Waals surface area contributed by atoms with E-state index in [0.717, 1.165) is 11.5 Å². The van der Waals surface area contributed by atoms with Crippen LogP contribution in [0.1, 0.15) is 0 Å². The van der Waals surface area contributed by atoms with Gasteiger partial charge in [-0.05, 0) is 0 Å². The summed E-state index contributed by atoms with van der Waals surface area (Å²) >= 11 is -3.50. The lowest BCUT2D eigenvalue weighted by Crippen LogP contribution is -1.89. The molecule has 0 aromatic rings. The SMILES string of the molecule is O=S(O)C/C=C\CSSC/C=C\CS(=O)O. The highest BCUT2D eigenvalue weighted by Gasteiger charge is 1.88. The first kappa shape index (κ1) is 16.4. The van der Waals surface area contributed by atoms with Gasteiger partial charge in [-0.25, -0.2) is 8.42 Å². The van der Waals surface area contributed by atoms with Crippen LogP contribution >= 0.6 is 21.6 Å². The van der Waals surface area contributed by atoms with Gasteiger partial charge in [0.15, 0.2) is 22.2 Å². The van der Waals surface area contributed by atoms with Gasteiger partial charge in [0.25, 0.3) is 0 Å². The van der Waals surface area contributed by atoms with E-state index in [0.29, 0.717) is 0 Å². The molecule has 0 spiro atoms. The van der Waals surface area contributed by atoms with Gasteiger partial charge in [0.1, 0.15) is 0 Å². The molecule has 0 amide bonds. The zero-order chi connectivity index (χ0) is 12.2. The molecule has 8 heteroatoms. The van der Waals surface area contributed by atoms with Crippen LogP contribution in [-0.2, 0) is 22.2 Å². The predicted octanol–water partition coefficient (Wildman–Crippen LogP) is 1.92. The molecule has 0 aliphatic rings. The van der Waals surface area contributed by atoms with Crippen LogP contribution in [0.5, 0.6) is 0 Å². The molecule has 0 radical (unpaired) electrons. The lowest BCUT2D eigenvalue weighted by molar-refractivity contribution is 0.566. The average Bonchev–Trinajstić information content (AvgIpc) is 2.20. The summed E-state index contributed by atoms with van der Waals surface area (Å²) in [6.45, 7) is 0. The van der Waals surface area contributed by atoms with Crippen LogP contribution in [-0.4, -0.2) is 40.5 Å². The van der Waals surface area contributed by atoms with Crippen molar-refractivity contribution < 1.29 is 17.5 Å². The molecule has 2 unspecified atom stereocenters. The third kappa shape index (κ3) is 14.4. The minimum Gasteiger partial charge on any atom is -0.306 e. The molecule has 0 aromatic heterocycles. The Morgan fingerprint density at radius 2 is 1.19 bits per heavy atom. The molecule has 0 saturated heterocycles. The van der Waals surface area contributed by atoms with Crippen LogP contribution in [0.15, 0.2) is 24.3 Å². The van der Waals surface area contributed by atoms with Crippen LogP contribution in [0.4, 0.5) is 0 Å². The maximum absolute atomic E-state index is 10.3. The highest BCUT2D eigenvalue weighted by Crippen LogP contribution is 2.20. The molecule has 0 rings (SSSR count). The third-order valence-electron chi connectivity index (χ3n) is 1.22. The van der Waals surface area contributed by atoms with Gasteiger partial charge in [0.2, 0.25) is 0 Å². The summed E-state index contributed by atoms with van der Waals surface area (Å²) in [6.07, 6.45) is 7.04. The van der Waals surface area contributed by atoms with Crippen molar-refractivity contribution in [2.75, 3.05) is 23.0 Å². The Balaban J connectivity index is 3.27. The molecule has 2 atom stereocenters. The fraction of sp³-hybridized carbons (Fsp3) is 0.500. The van der Waals surface area contributed by atoms with Crippen LogP contribution in [0.25, 0.3) is 0 Å². The summed E-state index contributed by atoms with van der Waals surface area (Å²) in [6, 6.07) is 0. The Hall–Kier alpha value is 0.400. The summed E-state index contributed by atoms with van der Waals surface area (Å²) in [4.78, 5) is 0. The largest absolute Gasteiger partial charge is 0.306 e. The average molecular weight is 302 g/mol. The number of hydrogen-bond donors (Lipinski definition) is 2. The van der Waals surface area contributed by atoms with E-state index in [1.165, 1.54) is 0 Å². The van der Waals surface area contributed by atoms with Gasteiger partial charge in [-0.1, -0.05) is 45.9 Å². The second kappa shape index (κ2) is 11.9. The van der Waals surface area contributed by atoms with Gasteiger partial charge in [-0.3, -0.25) is 0 Å². The van der Waals surface area contributed by atoms with Crippen LogP contribution < -0.4 is 0 Å². The van der Waals surface area contributed by atoms with Crippen LogP contribution in [0, 0.1) is 0 Å². The number of rotatable bonds is 9. The molecular formula is C8H14O4S4. The van der Waals surface area contributed by atoms with Gasteiger partial charge in [0, 0.05) is 11.5 Å². The Morgan fingerprint density at radius 3 is 1.50 bits per heavy atom. The summed E-state index contributed by atoms with van der Waals surface area (Å²) in [5.74, 6) is 1.91. The summed E-state index contributed by atoms with van der Waals surface area (Å²) in [5, 5.41) is 0. The maximum Gasteiger partial charge on any atom is 0.156 e. The minimum atomic E-state index is -1.75. The Kier molecular flexibility index (Phi) is 12.2. The van der Waals surface area contributed by atoms with Crippen molar-refractivity contribution >= 4 is 43.7 Å². The normalized spacial score (nSPS) is 15.9. The minimum absolute atomic E-state index is 0.174. The molecule has 0 aromatic carbocycles. The van der Waals surface area contributed by atoms with Gasteiger partial charge >= 0.3 is 0 Å². The molecule has 0 aliphatic heterocycles. The number of hydrogen-bond acceptors (Lipinski definition) is 4. The Bertz CT molecular complexity index is 249.